The SMILES string of the molecule is CC(=O)O[C@H]1C(OC(C)C)[C@@H](COP(=O)([O-])OC(C)C)O[C@H]1n1ccc(N)nc1=O. The molecule has 1 aromatic rings. The van der Waals surface area contributed by atoms with Crippen molar-refractivity contribution in [2.45, 2.75) is 71.4 Å². The van der Waals surface area contributed by atoms with E-state index in [0.717, 1.165) is 4.57 Å². The molecule has 2 heterocycles. The number of hydrogen-bond donors (Lipinski definition) is 1. The number of aromatic nitrogens is 2. The van der Waals surface area contributed by atoms with Crippen LogP contribution in [-0.4, -0.2) is 52.6 Å². The summed E-state index contributed by atoms with van der Waals surface area (Å²) in [4.78, 5) is 39.6. The van der Waals surface area contributed by atoms with Gasteiger partial charge in [-0.3, -0.25) is 13.9 Å². The lowest BCUT2D eigenvalue weighted by Crippen LogP contribution is -2.42. The summed E-state index contributed by atoms with van der Waals surface area (Å²) in [5.41, 5.74) is 4.79. The number of esters is 1. The van der Waals surface area contributed by atoms with Crippen LogP contribution in [0, 0.1) is 0 Å². The molecule has 1 fully saturated rings. The lowest BCUT2D eigenvalue weighted by Gasteiger charge is -2.28. The molecule has 30 heavy (non-hydrogen) atoms. The molecule has 0 aromatic carbocycles. The molecule has 13 heteroatoms. The second kappa shape index (κ2) is 9.99. The standard InChI is InChI=1S/C17H28N3O9P/c1-9(2)26-14-12(8-25-30(23,24)29-10(3)4)28-16(15(14)27-11(5)21)20-7-6-13(18)19-17(20)22/h6-7,9-10,12,14-16H,8H2,1-5H3,(H,23,24)(H2,18,19,22)/p-1/t12-,14?,15+,16-/m1/s1. The highest BCUT2D eigenvalue weighted by molar-refractivity contribution is 7.45. The van der Waals surface area contributed by atoms with Crippen molar-refractivity contribution in [2.24, 2.45) is 0 Å². The van der Waals surface area contributed by atoms with E-state index in [9.17, 15) is 19.0 Å². The van der Waals surface area contributed by atoms with Gasteiger partial charge in [-0.1, -0.05) is 0 Å². The van der Waals surface area contributed by atoms with Gasteiger partial charge >= 0.3 is 11.7 Å². The molecule has 2 N–H and O–H groups in total. The van der Waals surface area contributed by atoms with Gasteiger partial charge in [0.1, 0.15) is 18.0 Å². The van der Waals surface area contributed by atoms with Gasteiger partial charge in [0.25, 0.3) is 7.82 Å². The molecule has 1 saturated heterocycles. The van der Waals surface area contributed by atoms with Crippen molar-refractivity contribution in [3.8, 4) is 0 Å². The molecule has 1 aliphatic heterocycles. The zero-order valence-electron chi connectivity index (χ0n) is 17.4. The van der Waals surface area contributed by atoms with Crippen LogP contribution >= 0.6 is 7.82 Å². The van der Waals surface area contributed by atoms with Crippen LogP contribution in [0.3, 0.4) is 0 Å². The minimum Gasteiger partial charge on any atom is -0.756 e. The summed E-state index contributed by atoms with van der Waals surface area (Å²) in [6.07, 6.45) is -3.73. The Labute approximate surface area is 173 Å². The van der Waals surface area contributed by atoms with Gasteiger partial charge in [-0.25, -0.2) is 4.79 Å². The Bertz CT molecular complexity index is 844. The molecule has 1 aliphatic rings. The van der Waals surface area contributed by atoms with Crippen molar-refractivity contribution in [2.75, 3.05) is 12.3 Å². The van der Waals surface area contributed by atoms with E-state index in [1.165, 1.54) is 33.0 Å². The van der Waals surface area contributed by atoms with Gasteiger partial charge in [0.05, 0.1) is 18.8 Å². The van der Waals surface area contributed by atoms with Gasteiger partial charge in [0.2, 0.25) is 0 Å². The molecule has 12 nitrogen and oxygen atoms in total. The molecule has 1 aromatic heterocycles. The summed E-state index contributed by atoms with van der Waals surface area (Å²) >= 11 is 0. The van der Waals surface area contributed by atoms with Crippen molar-refractivity contribution in [1.82, 2.24) is 9.55 Å². The van der Waals surface area contributed by atoms with Crippen LogP contribution in [-0.2, 0) is 32.6 Å². The van der Waals surface area contributed by atoms with Crippen molar-refractivity contribution in [1.29, 1.82) is 0 Å². The van der Waals surface area contributed by atoms with E-state index in [4.69, 9.17) is 29.0 Å². The molecule has 0 spiro atoms. The third-order valence-electron chi connectivity index (χ3n) is 3.88. The van der Waals surface area contributed by atoms with Crippen LogP contribution in [0.5, 0.6) is 0 Å². The topological polar surface area (TPSA) is 164 Å². The van der Waals surface area contributed by atoms with Crippen LogP contribution in [0.25, 0.3) is 0 Å². The summed E-state index contributed by atoms with van der Waals surface area (Å²) in [5.74, 6) is -0.632. The fraction of sp³-hybridized carbons (Fsp3) is 0.706. The van der Waals surface area contributed by atoms with Gasteiger partial charge in [0.15, 0.2) is 12.3 Å². The summed E-state index contributed by atoms with van der Waals surface area (Å²) in [5, 5.41) is 0. The number of rotatable bonds is 9. The molecular formula is C17H27N3O9P-. The van der Waals surface area contributed by atoms with E-state index in [2.05, 4.69) is 4.98 Å². The highest BCUT2D eigenvalue weighted by atomic mass is 31.2. The molecular weight excluding hydrogens is 421 g/mol. The number of nitrogens with two attached hydrogens (primary N) is 1. The average molecular weight is 448 g/mol. The van der Waals surface area contributed by atoms with Gasteiger partial charge in [0, 0.05) is 13.1 Å². The van der Waals surface area contributed by atoms with Crippen molar-refractivity contribution in [3.63, 3.8) is 0 Å². The first kappa shape index (κ1) is 24.4. The van der Waals surface area contributed by atoms with Crippen LogP contribution in [0.1, 0.15) is 40.8 Å². The van der Waals surface area contributed by atoms with Crippen LogP contribution < -0.4 is 16.3 Å². The Morgan fingerprint density at radius 2 is 2.00 bits per heavy atom. The number of nitrogen functional groups attached to an aromatic ring is 1. The number of carbonyl (C=O) groups is 1. The van der Waals surface area contributed by atoms with Crippen LogP contribution in [0.15, 0.2) is 17.1 Å². The molecule has 0 aliphatic carbocycles. The summed E-state index contributed by atoms with van der Waals surface area (Å²) in [6.45, 7) is 7.28. The van der Waals surface area contributed by atoms with E-state index < -0.39 is 56.7 Å². The van der Waals surface area contributed by atoms with Crippen molar-refractivity contribution < 1.29 is 37.5 Å². The fourth-order valence-corrected chi connectivity index (χ4v) is 3.84. The number of hydrogen-bond acceptors (Lipinski definition) is 11. The van der Waals surface area contributed by atoms with E-state index >= 15 is 0 Å². The van der Waals surface area contributed by atoms with Gasteiger partial charge in [-0.15, -0.1) is 0 Å². The number of phosphoric acid groups is 1. The number of phosphoric ester groups is 1. The number of anilines is 1. The van der Waals surface area contributed by atoms with E-state index in [1.807, 2.05) is 0 Å². The van der Waals surface area contributed by atoms with Gasteiger partial charge in [-0.2, -0.15) is 4.98 Å². The van der Waals surface area contributed by atoms with Crippen molar-refractivity contribution >= 4 is 19.6 Å². The second-order valence-corrected chi connectivity index (χ2v) is 8.59. The highest BCUT2D eigenvalue weighted by Crippen LogP contribution is 2.42. The normalized spacial score (nSPS) is 26.1. The third-order valence-corrected chi connectivity index (χ3v) is 5.02. The Hall–Kier alpha value is -1.82. The highest BCUT2D eigenvalue weighted by Gasteiger charge is 2.49. The molecule has 0 saturated carbocycles. The maximum atomic E-state index is 12.3. The molecule has 0 amide bonds. The molecule has 5 atom stereocenters. The Morgan fingerprint density at radius 3 is 2.53 bits per heavy atom. The molecule has 0 bridgehead atoms. The quantitative estimate of drug-likeness (QED) is 0.409. The predicted octanol–water partition coefficient (Wildman–Crippen LogP) is 0.358. The molecule has 0 radical (unpaired) electrons. The first-order valence-electron chi connectivity index (χ1n) is 9.36. The van der Waals surface area contributed by atoms with Crippen molar-refractivity contribution in [3.05, 3.63) is 22.7 Å². The van der Waals surface area contributed by atoms with E-state index in [0.29, 0.717) is 0 Å². The number of ether oxygens (including phenoxy) is 3. The Balaban J connectivity index is 2.34. The zero-order chi connectivity index (χ0) is 22.6. The Kier molecular flexibility index (Phi) is 8.14. The third kappa shape index (κ3) is 6.59. The van der Waals surface area contributed by atoms with E-state index in [-0.39, 0.29) is 11.9 Å². The molecule has 170 valence electrons. The van der Waals surface area contributed by atoms with Gasteiger partial charge < -0.3 is 33.9 Å². The maximum Gasteiger partial charge on any atom is 0.351 e. The fourth-order valence-electron chi connectivity index (χ4n) is 2.93. The number of nitrogens with zero attached hydrogens (tertiary/aromatic N) is 2. The summed E-state index contributed by atoms with van der Waals surface area (Å²) < 4.78 is 39.8. The smallest absolute Gasteiger partial charge is 0.351 e. The first-order valence-corrected chi connectivity index (χ1v) is 10.8. The summed E-state index contributed by atoms with van der Waals surface area (Å²) in [7, 11) is -4.61. The predicted molar refractivity (Wildman–Crippen MR) is 102 cm³/mol. The minimum atomic E-state index is -4.61. The minimum absolute atomic E-state index is 0.00581. The maximum absolute atomic E-state index is 12.3. The van der Waals surface area contributed by atoms with Gasteiger partial charge in [-0.05, 0) is 33.8 Å². The Morgan fingerprint density at radius 1 is 1.33 bits per heavy atom. The van der Waals surface area contributed by atoms with Crippen LogP contribution in [0.2, 0.25) is 0 Å². The lowest BCUT2D eigenvalue weighted by atomic mass is 10.1. The summed E-state index contributed by atoms with van der Waals surface area (Å²) in [6, 6.07) is 1.38. The first-order chi connectivity index (χ1) is 13.9. The number of carbonyl (C=O) groups excluding carboxylic acids is 1. The van der Waals surface area contributed by atoms with E-state index in [1.54, 1.807) is 13.8 Å². The molecule has 2 rings (SSSR count). The zero-order valence-corrected chi connectivity index (χ0v) is 18.3. The monoisotopic (exact) mass is 448 g/mol. The molecule has 2 unspecified atom stereocenters. The van der Waals surface area contributed by atoms with Crippen LogP contribution in [0.4, 0.5) is 5.82 Å². The largest absolute Gasteiger partial charge is 0.756 e. The average Bonchev–Trinajstić information content (AvgIpc) is 2.88. The lowest BCUT2D eigenvalue weighted by molar-refractivity contribution is -0.231. The second-order valence-electron chi connectivity index (χ2n) is 7.23.